The van der Waals surface area contributed by atoms with Crippen molar-refractivity contribution < 1.29 is 19.3 Å². The van der Waals surface area contributed by atoms with Gasteiger partial charge in [0.05, 0.1) is 26.2 Å². The minimum atomic E-state index is -0.708. The molecule has 0 unspecified atom stereocenters. The van der Waals surface area contributed by atoms with E-state index in [1.54, 1.807) is 0 Å². The maximum atomic E-state index is 12.4. The van der Waals surface area contributed by atoms with Crippen LogP contribution in [0.4, 0.5) is 10.5 Å². The maximum absolute atomic E-state index is 12.4. The van der Waals surface area contributed by atoms with E-state index in [2.05, 4.69) is 4.90 Å². The van der Waals surface area contributed by atoms with Gasteiger partial charge in [-0.2, -0.15) is 0 Å². The van der Waals surface area contributed by atoms with Gasteiger partial charge in [-0.3, -0.25) is 14.5 Å². The van der Waals surface area contributed by atoms with Crippen LogP contribution in [0.5, 0.6) is 0 Å². The van der Waals surface area contributed by atoms with Crippen LogP contribution in [0, 0.1) is 5.92 Å². The third-order valence-corrected chi connectivity index (χ3v) is 4.94. The average Bonchev–Trinajstić information content (AvgIpc) is 2.80. The standard InChI is InChI=1S/C18H23ClN4O3/c1-13(2)11-22-16(24)17(25)23(18(22)26)12-20-6-8-21(9-7-20)15-5-3-4-14(19)10-15/h3-5,10,13H,6-9,11-12H2,1-2H3/p+1. The highest BCUT2D eigenvalue weighted by Crippen LogP contribution is 2.19. The highest BCUT2D eigenvalue weighted by Gasteiger charge is 2.46. The Balaban J connectivity index is 1.58. The summed E-state index contributed by atoms with van der Waals surface area (Å²) in [6.07, 6.45) is 0. The molecule has 1 aromatic carbocycles. The van der Waals surface area contributed by atoms with Crippen LogP contribution in [0.3, 0.4) is 0 Å². The lowest BCUT2D eigenvalue weighted by molar-refractivity contribution is -0.907. The van der Waals surface area contributed by atoms with E-state index in [1.807, 2.05) is 38.1 Å². The van der Waals surface area contributed by atoms with Crippen LogP contribution >= 0.6 is 11.6 Å². The molecule has 140 valence electrons. The van der Waals surface area contributed by atoms with E-state index >= 15 is 0 Å². The Kier molecular flexibility index (Phi) is 5.48. The number of piperazine rings is 1. The van der Waals surface area contributed by atoms with Crippen molar-refractivity contribution in [1.82, 2.24) is 9.80 Å². The van der Waals surface area contributed by atoms with Gasteiger partial charge in [0.25, 0.3) is 0 Å². The normalized spacial score (nSPS) is 19.2. The van der Waals surface area contributed by atoms with Crippen molar-refractivity contribution in [2.75, 3.05) is 44.3 Å². The molecule has 26 heavy (non-hydrogen) atoms. The van der Waals surface area contributed by atoms with Crippen molar-refractivity contribution in [3.63, 3.8) is 0 Å². The Labute approximate surface area is 158 Å². The molecule has 0 aromatic heterocycles. The minimum absolute atomic E-state index is 0.129. The van der Waals surface area contributed by atoms with Crippen LogP contribution in [0.2, 0.25) is 5.02 Å². The first-order valence-electron chi connectivity index (χ1n) is 8.88. The summed E-state index contributed by atoms with van der Waals surface area (Å²) in [5.74, 6) is -1.29. The summed E-state index contributed by atoms with van der Waals surface area (Å²) < 4.78 is 0. The molecular formula is C18H24ClN4O3+. The second-order valence-corrected chi connectivity index (χ2v) is 7.64. The van der Waals surface area contributed by atoms with Gasteiger partial charge in [-0.25, -0.2) is 9.69 Å². The Morgan fingerprint density at radius 2 is 1.73 bits per heavy atom. The molecular weight excluding hydrogens is 356 g/mol. The second kappa shape index (κ2) is 7.63. The molecule has 0 saturated carbocycles. The fraction of sp³-hybridized carbons (Fsp3) is 0.500. The summed E-state index contributed by atoms with van der Waals surface area (Å²) >= 11 is 6.05. The first-order valence-corrected chi connectivity index (χ1v) is 9.26. The summed E-state index contributed by atoms with van der Waals surface area (Å²) in [5.41, 5.74) is 1.07. The zero-order valence-electron chi connectivity index (χ0n) is 15.1. The first-order chi connectivity index (χ1) is 12.4. The Morgan fingerprint density at radius 3 is 2.35 bits per heavy atom. The molecule has 0 spiro atoms. The number of urea groups is 1. The van der Waals surface area contributed by atoms with Gasteiger partial charge in [-0.1, -0.05) is 31.5 Å². The molecule has 2 heterocycles. The number of hydrogen-bond acceptors (Lipinski definition) is 4. The number of benzene rings is 1. The van der Waals surface area contributed by atoms with Gasteiger partial charge in [-0.15, -0.1) is 0 Å². The average molecular weight is 380 g/mol. The van der Waals surface area contributed by atoms with Crippen LogP contribution in [-0.2, 0) is 9.59 Å². The van der Waals surface area contributed by atoms with Crippen LogP contribution in [-0.4, -0.2) is 67.0 Å². The van der Waals surface area contributed by atoms with Crippen LogP contribution in [0.25, 0.3) is 0 Å². The van der Waals surface area contributed by atoms with Crippen LogP contribution in [0.15, 0.2) is 24.3 Å². The largest absolute Gasteiger partial charge is 0.360 e. The Hall–Kier alpha value is -2.12. The quantitative estimate of drug-likeness (QED) is 0.596. The van der Waals surface area contributed by atoms with Crippen LogP contribution < -0.4 is 9.80 Å². The number of amides is 4. The van der Waals surface area contributed by atoms with E-state index < -0.39 is 17.8 Å². The molecule has 1 aromatic rings. The third kappa shape index (κ3) is 3.83. The summed E-state index contributed by atoms with van der Waals surface area (Å²) in [6, 6.07) is 7.23. The van der Waals surface area contributed by atoms with Gasteiger partial charge < -0.3 is 9.80 Å². The summed E-state index contributed by atoms with van der Waals surface area (Å²) in [7, 11) is 0. The fourth-order valence-electron chi connectivity index (χ4n) is 3.35. The van der Waals surface area contributed by atoms with Crippen molar-refractivity contribution in [3.8, 4) is 0 Å². The minimum Gasteiger partial charge on any atom is -0.360 e. The highest BCUT2D eigenvalue weighted by molar-refractivity contribution is 6.44. The molecule has 2 aliphatic rings. The monoisotopic (exact) mass is 379 g/mol. The third-order valence-electron chi connectivity index (χ3n) is 4.71. The maximum Gasteiger partial charge on any atom is 0.338 e. The molecule has 0 aliphatic carbocycles. The van der Waals surface area contributed by atoms with Gasteiger partial charge in [0.2, 0.25) is 0 Å². The van der Waals surface area contributed by atoms with Crippen LogP contribution in [0.1, 0.15) is 13.8 Å². The zero-order chi connectivity index (χ0) is 18.8. The molecule has 0 atom stereocenters. The molecule has 0 bridgehead atoms. The number of anilines is 1. The van der Waals surface area contributed by atoms with E-state index in [1.165, 1.54) is 0 Å². The smallest absolute Gasteiger partial charge is 0.338 e. The zero-order valence-corrected chi connectivity index (χ0v) is 15.8. The molecule has 8 heteroatoms. The summed E-state index contributed by atoms with van der Waals surface area (Å²) in [4.78, 5) is 42.2. The fourth-order valence-corrected chi connectivity index (χ4v) is 3.54. The van der Waals surface area contributed by atoms with Gasteiger partial charge >= 0.3 is 17.8 Å². The number of imide groups is 2. The second-order valence-electron chi connectivity index (χ2n) is 7.20. The highest BCUT2D eigenvalue weighted by atomic mass is 35.5. The molecule has 2 aliphatic heterocycles. The molecule has 4 amide bonds. The van der Waals surface area contributed by atoms with Gasteiger partial charge in [0.1, 0.15) is 0 Å². The lowest BCUT2D eigenvalue weighted by Crippen LogP contribution is -3.16. The molecule has 1 N–H and O–H groups in total. The molecule has 0 radical (unpaired) electrons. The number of nitrogens with one attached hydrogen (secondary N) is 1. The number of carbonyl (C=O) groups is 3. The van der Waals surface area contributed by atoms with E-state index in [4.69, 9.17) is 11.6 Å². The van der Waals surface area contributed by atoms with Crippen molar-refractivity contribution >= 4 is 35.1 Å². The number of quaternary nitrogens is 1. The Morgan fingerprint density at radius 1 is 1.08 bits per heavy atom. The van der Waals surface area contributed by atoms with Gasteiger partial charge in [-0.05, 0) is 24.1 Å². The van der Waals surface area contributed by atoms with Gasteiger partial charge in [0.15, 0.2) is 6.67 Å². The summed E-state index contributed by atoms with van der Waals surface area (Å²) in [6.45, 7) is 7.50. The van der Waals surface area contributed by atoms with E-state index in [0.29, 0.717) is 5.02 Å². The number of carbonyl (C=O) groups excluding carboxylic acids is 3. The predicted molar refractivity (Wildman–Crippen MR) is 98.0 cm³/mol. The predicted octanol–water partition coefficient (Wildman–Crippen LogP) is 0.449. The lowest BCUT2D eigenvalue weighted by Gasteiger charge is -2.34. The molecule has 7 nitrogen and oxygen atoms in total. The van der Waals surface area contributed by atoms with E-state index in [9.17, 15) is 14.4 Å². The number of halogens is 1. The van der Waals surface area contributed by atoms with Crippen molar-refractivity contribution in [2.45, 2.75) is 13.8 Å². The SMILES string of the molecule is CC(C)CN1C(=O)C(=O)N(C[NH+]2CCN(c3cccc(Cl)c3)CC2)C1=O. The van der Waals surface area contributed by atoms with Crippen molar-refractivity contribution in [1.29, 1.82) is 0 Å². The Bertz CT molecular complexity index is 716. The van der Waals surface area contributed by atoms with Crippen molar-refractivity contribution in [3.05, 3.63) is 29.3 Å². The number of hydrogen-bond donors (Lipinski definition) is 1. The molecule has 2 fully saturated rings. The number of nitrogens with zero attached hydrogens (tertiary/aromatic N) is 3. The van der Waals surface area contributed by atoms with Gasteiger partial charge in [0, 0.05) is 17.3 Å². The van der Waals surface area contributed by atoms with E-state index in [-0.39, 0.29) is 19.1 Å². The lowest BCUT2D eigenvalue weighted by atomic mass is 10.2. The summed E-state index contributed by atoms with van der Waals surface area (Å²) in [5, 5.41) is 0.703. The topological polar surface area (TPSA) is 65.4 Å². The molecule has 2 saturated heterocycles. The van der Waals surface area contributed by atoms with Crippen molar-refractivity contribution in [2.24, 2.45) is 5.92 Å². The first kappa shape index (κ1) is 18.7. The number of rotatable bonds is 5. The van der Waals surface area contributed by atoms with E-state index in [0.717, 1.165) is 46.6 Å². The molecule has 3 rings (SSSR count).